The average molecular weight is 442 g/mol. The number of hydrogen-bond acceptors (Lipinski definition) is 4. The summed E-state index contributed by atoms with van der Waals surface area (Å²) in [5.74, 6) is 0.376. The first-order valence-electron chi connectivity index (χ1n) is 11.7. The molecule has 0 spiro atoms. The number of carbonyl (C=O) groups excluding carboxylic acids is 2. The molecule has 2 aromatic rings. The topological polar surface area (TPSA) is 57.0 Å². The van der Waals surface area contributed by atoms with Crippen molar-refractivity contribution in [1.29, 1.82) is 0 Å². The number of amides is 2. The SMILES string of the molecule is O=C(c1ccco1)N(CCN1CCN(C(=O)C2CCCCC2)CC1)Cc1ccc(F)cc1. The zero-order valence-electron chi connectivity index (χ0n) is 18.5. The van der Waals surface area contributed by atoms with E-state index in [9.17, 15) is 14.0 Å². The largest absolute Gasteiger partial charge is 0.459 e. The molecule has 1 saturated carbocycles. The molecule has 0 atom stereocenters. The Morgan fingerprint density at radius 3 is 2.38 bits per heavy atom. The lowest BCUT2D eigenvalue weighted by Gasteiger charge is -2.37. The summed E-state index contributed by atoms with van der Waals surface area (Å²) in [7, 11) is 0. The maximum Gasteiger partial charge on any atom is 0.289 e. The van der Waals surface area contributed by atoms with Gasteiger partial charge in [-0.2, -0.15) is 0 Å². The van der Waals surface area contributed by atoms with E-state index in [4.69, 9.17) is 4.42 Å². The van der Waals surface area contributed by atoms with Crippen LogP contribution in [0.4, 0.5) is 4.39 Å². The summed E-state index contributed by atoms with van der Waals surface area (Å²) in [6, 6.07) is 9.59. The fraction of sp³-hybridized carbons (Fsp3) is 0.520. The smallest absolute Gasteiger partial charge is 0.289 e. The molecule has 2 aliphatic rings. The fourth-order valence-corrected chi connectivity index (χ4v) is 4.68. The fourth-order valence-electron chi connectivity index (χ4n) is 4.68. The number of piperazine rings is 1. The summed E-state index contributed by atoms with van der Waals surface area (Å²) < 4.78 is 18.6. The summed E-state index contributed by atoms with van der Waals surface area (Å²) >= 11 is 0. The summed E-state index contributed by atoms with van der Waals surface area (Å²) in [5, 5.41) is 0. The van der Waals surface area contributed by atoms with Crippen LogP contribution in [-0.2, 0) is 11.3 Å². The molecule has 6 nitrogen and oxygen atoms in total. The molecule has 0 radical (unpaired) electrons. The molecular formula is C25H32FN3O3. The van der Waals surface area contributed by atoms with Crippen molar-refractivity contribution in [3.8, 4) is 0 Å². The second-order valence-corrected chi connectivity index (χ2v) is 8.83. The Labute approximate surface area is 189 Å². The van der Waals surface area contributed by atoms with Crippen molar-refractivity contribution in [2.45, 2.75) is 38.6 Å². The highest BCUT2D eigenvalue weighted by molar-refractivity contribution is 5.91. The van der Waals surface area contributed by atoms with Crippen LogP contribution in [0.3, 0.4) is 0 Å². The molecule has 172 valence electrons. The molecular weight excluding hydrogens is 409 g/mol. The number of benzene rings is 1. The van der Waals surface area contributed by atoms with Crippen molar-refractivity contribution < 1.29 is 18.4 Å². The van der Waals surface area contributed by atoms with E-state index in [2.05, 4.69) is 4.90 Å². The first-order chi connectivity index (χ1) is 15.6. The van der Waals surface area contributed by atoms with Gasteiger partial charge in [0.15, 0.2) is 5.76 Å². The van der Waals surface area contributed by atoms with E-state index in [-0.39, 0.29) is 17.6 Å². The van der Waals surface area contributed by atoms with Gasteiger partial charge in [-0.25, -0.2) is 4.39 Å². The van der Waals surface area contributed by atoms with Gasteiger partial charge >= 0.3 is 0 Å². The number of rotatable bonds is 7. The molecule has 1 aliphatic carbocycles. The zero-order chi connectivity index (χ0) is 22.3. The third-order valence-corrected chi connectivity index (χ3v) is 6.63. The van der Waals surface area contributed by atoms with Gasteiger partial charge in [0.05, 0.1) is 6.26 Å². The lowest BCUT2D eigenvalue weighted by Crippen LogP contribution is -2.52. The average Bonchev–Trinajstić information content (AvgIpc) is 3.38. The molecule has 1 aromatic carbocycles. The first-order valence-corrected chi connectivity index (χ1v) is 11.7. The summed E-state index contributed by atoms with van der Waals surface area (Å²) in [4.78, 5) is 31.8. The number of furan rings is 1. The highest BCUT2D eigenvalue weighted by Crippen LogP contribution is 2.25. The van der Waals surface area contributed by atoms with E-state index in [1.54, 1.807) is 29.2 Å². The second-order valence-electron chi connectivity index (χ2n) is 8.83. The van der Waals surface area contributed by atoms with Crippen molar-refractivity contribution in [2.75, 3.05) is 39.3 Å². The molecule has 2 amide bonds. The van der Waals surface area contributed by atoms with Gasteiger partial charge in [-0.05, 0) is 42.7 Å². The number of halogens is 1. The number of nitrogens with zero attached hydrogens (tertiary/aromatic N) is 3. The molecule has 0 bridgehead atoms. The molecule has 1 saturated heterocycles. The van der Waals surface area contributed by atoms with Crippen LogP contribution in [0.15, 0.2) is 47.1 Å². The van der Waals surface area contributed by atoms with Crippen LogP contribution in [0.1, 0.15) is 48.2 Å². The third-order valence-electron chi connectivity index (χ3n) is 6.63. The quantitative estimate of drug-likeness (QED) is 0.656. The Morgan fingerprint density at radius 2 is 1.72 bits per heavy atom. The van der Waals surface area contributed by atoms with Crippen LogP contribution in [0.5, 0.6) is 0 Å². The molecule has 0 unspecified atom stereocenters. The minimum absolute atomic E-state index is 0.176. The van der Waals surface area contributed by atoms with Crippen LogP contribution in [0.25, 0.3) is 0 Å². The zero-order valence-corrected chi connectivity index (χ0v) is 18.5. The Balaban J connectivity index is 1.31. The van der Waals surface area contributed by atoms with E-state index < -0.39 is 0 Å². The predicted molar refractivity (Wildman–Crippen MR) is 119 cm³/mol. The molecule has 4 rings (SSSR count). The molecule has 2 heterocycles. The third kappa shape index (κ3) is 5.76. The Bertz CT molecular complexity index is 870. The molecule has 2 fully saturated rings. The molecule has 1 aliphatic heterocycles. The molecule has 32 heavy (non-hydrogen) atoms. The van der Waals surface area contributed by atoms with Gasteiger partial charge in [-0.1, -0.05) is 31.4 Å². The van der Waals surface area contributed by atoms with Gasteiger partial charge < -0.3 is 14.2 Å². The van der Waals surface area contributed by atoms with Crippen LogP contribution in [-0.4, -0.2) is 65.8 Å². The standard InChI is InChI=1S/C25H32FN3O3/c26-22-10-8-20(9-11-22)19-29(25(31)23-7-4-18-32-23)17-14-27-12-15-28(16-13-27)24(30)21-5-2-1-3-6-21/h4,7-11,18,21H,1-3,5-6,12-17,19H2. The van der Waals surface area contributed by atoms with Crippen molar-refractivity contribution >= 4 is 11.8 Å². The Kier molecular flexibility index (Phi) is 7.58. The van der Waals surface area contributed by atoms with Crippen LogP contribution < -0.4 is 0 Å². The van der Waals surface area contributed by atoms with Crippen LogP contribution in [0.2, 0.25) is 0 Å². The normalized spacial score (nSPS) is 18.0. The Morgan fingerprint density at radius 1 is 1.00 bits per heavy atom. The summed E-state index contributed by atoms with van der Waals surface area (Å²) in [6.07, 6.45) is 7.15. The monoisotopic (exact) mass is 441 g/mol. The maximum absolute atomic E-state index is 13.3. The van der Waals surface area contributed by atoms with Crippen molar-refractivity contribution in [3.63, 3.8) is 0 Å². The first kappa shape index (κ1) is 22.5. The lowest BCUT2D eigenvalue weighted by atomic mass is 9.88. The van der Waals surface area contributed by atoms with Crippen molar-refractivity contribution in [3.05, 3.63) is 59.8 Å². The minimum Gasteiger partial charge on any atom is -0.459 e. The van der Waals surface area contributed by atoms with E-state index in [0.717, 1.165) is 51.1 Å². The van der Waals surface area contributed by atoms with Gasteiger partial charge in [0, 0.05) is 51.7 Å². The van der Waals surface area contributed by atoms with Gasteiger partial charge in [0.1, 0.15) is 5.82 Å². The van der Waals surface area contributed by atoms with Crippen LogP contribution in [0, 0.1) is 11.7 Å². The van der Waals surface area contributed by atoms with Crippen molar-refractivity contribution in [2.24, 2.45) is 5.92 Å². The highest BCUT2D eigenvalue weighted by atomic mass is 19.1. The number of carbonyl (C=O) groups is 2. The number of hydrogen-bond donors (Lipinski definition) is 0. The highest BCUT2D eigenvalue weighted by Gasteiger charge is 2.29. The van der Waals surface area contributed by atoms with E-state index in [1.807, 2.05) is 4.90 Å². The van der Waals surface area contributed by atoms with E-state index in [1.165, 1.54) is 37.7 Å². The van der Waals surface area contributed by atoms with E-state index >= 15 is 0 Å². The maximum atomic E-state index is 13.3. The van der Waals surface area contributed by atoms with E-state index in [0.29, 0.717) is 24.8 Å². The summed E-state index contributed by atoms with van der Waals surface area (Å²) in [6.45, 7) is 4.78. The molecule has 0 N–H and O–H groups in total. The lowest BCUT2D eigenvalue weighted by molar-refractivity contribution is -0.138. The molecule has 1 aromatic heterocycles. The van der Waals surface area contributed by atoms with Gasteiger partial charge in [-0.3, -0.25) is 14.5 Å². The van der Waals surface area contributed by atoms with Crippen molar-refractivity contribution in [1.82, 2.24) is 14.7 Å². The van der Waals surface area contributed by atoms with Gasteiger partial charge in [0.25, 0.3) is 5.91 Å². The van der Waals surface area contributed by atoms with Crippen LogP contribution >= 0.6 is 0 Å². The Hall–Kier alpha value is -2.67. The summed E-state index contributed by atoms with van der Waals surface area (Å²) in [5.41, 5.74) is 0.870. The minimum atomic E-state index is -0.293. The molecule has 7 heteroatoms. The second kappa shape index (κ2) is 10.8. The predicted octanol–water partition coefficient (Wildman–Crippen LogP) is 3.79. The van der Waals surface area contributed by atoms with Gasteiger partial charge in [-0.15, -0.1) is 0 Å². The van der Waals surface area contributed by atoms with Gasteiger partial charge in [0.2, 0.25) is 5.91 Å².